The molecule has 1 unspecified atom stereocenters. The summed E-state index contributed by atoms with van der Waals surface area (Å²) < 4.78 is 16.9. The first-order valence-corrected chi connectivity index (χ1v) is 33.3. The van der Waals surface area contributed by atoms with Crippen molar-refractivity contribution in [2.75, 3.05) is 13.2 Å². The third-order valence-electron chi connectivity index (χ3n) is 13.8. The Morgan fingerprint density at radius 2 is 0.494 bits per heavy atom. The number of hydrogen-bond acceptors (Lipinski definition) is 6. The fourth-order valence-corrected chi connectivity index (χ4v) is 8.89. The monoisotopic (exact) mass is 1120 g/mol. The fourth-order valence-electron chi connectivity index (χ4n) is 8.89. The Labute approximate surface area is 499 Å². The SMILES string of the molecule is CC/C=C\C/C=C\C/C=C\C/C=C\C/C=C\CCCCCCCCCC(=O)OCC(COC(=O)CCC/C=C\C/C=C\C/C=C\C/C=C\C/C=C\CC)OC(=O)CCCCCCCCCCCCC/C=C\C/C=C\CCCCCCC. The Bertz CT molecular complexity index is 1760. The maximum absolute atomic E-state index is 13.0. The van der Waals surface area contributed by atoms with E-state index in [4.69, 9.17) is 14.2 Å². The largest absolute Gasteiger partial charge is 0.462 e. The van der Waals surface area contributed by atoms with Crippen LogP contribution >= 0.6 is 0 Å². The maximum Gasteiger partial charge on any atom is 0.306 e. The Kier molecular flexibility index (Phi) is 63.9. The molecule has 0 heterocycles. The van der Waals surface area contributed by atoms with E-state index >= 15 is 0 Å². The van der Waals surface area contributed by atoms with E-state index in [0.717, 1.165) is 122 Å². The van der Waals surface area contributed by atoms with Crippen LogP contribution in [0.2, 0.25) is 0 Å². The zero-order valence-corrected chi connectivity index (χ0v) is 52.5. The van der Waals surface area contributed by atoms with Gasteiger partial charge in [-0.05, 0) is 135 Å². The van der Waals surface area contributed by atoms with Gasteiger partial charge in [0.15, 0.2) is 6.10 Å². The number of unbranched alkanes of at least 4 members (excludes halogenated alkanes) is 24. The Balaban J connectivity index is 4.48. The molecule has 0 N–H and O–H groups in total. The highest BCUT2D eigenvalue weighted by Gasteiger charge is 2.19. The molecule has 0 aliphatic heterocycles. The average molecular weight is 1120 g/mol. The molecule has 0 spiro atoms. The van der Waals surface area contributed by atoms with Crippen LogP contribution in [0.5, 0.6) is 0 Å². The predicted molar refractivity (Wildman–Crippen MR) is 352 cm³/mol. The number of carbonyl (C=O) groups is 3. The first kappa shape index (κ1) is 76.3. The van der Waals surface area contributed by atoms with Crippen LogP contribution in [0, 0.1) is 0 Å². The van der Waals surface area contributed by atoms with Crippen molar-refractivity contribution in [1.82, 2.24) is 0 Å². The molecule has 458 valence electrons. The maximum atomic E-state index is 13.0. The number of rotatable bonds is 59. The van der Waals surface area contributed by atoms with E-state index in [1.165, 1.54) is 122 Å². The van der Waals surface area contributed by atoms with Crippen LogP contribution < -0.4 is 0 Å². The number of esters is 3. The topological polar surface area (TPSA) is 78.9 Å². The third kappa shape index (κ3) is 66.0. The van der Waals surface area contributed by atoms with Gasteiger partial charge in [-0.2, -0.15) is 0 Å². The van der Waals surface area contributed by atoms with E-state index in [0.29, 0.717) is 19.3 Å². The van der Waals surface area contributed by atoms with Crippen LogP contribution in [0.4, 0.5) is 0 Å². The normalized spacial score (nSPS) is 13.1. The lowest BCUT2D eigenvalue weighted by atomic mass is 10.0. The minimum atomic E-state index is -0.815. The summed E-state index contributed by atoms with van der Waals surface area (Å²) in [4.78, 5) is 38.4. The summed E-state index contributed by atoms with van der Waals surface area (Å²) in [6, 6.07) is 0. The summed E-state index contributed by atoms with van der Waals surface area (Å²) in [6.45, 7) is 6.36. The van der Waals surface area contributed by atoms with Crippen molar-refractivity contribution in [2.45, 2.75) is 297 Å². The minimum Gasteiger partial charge on any atom is -0.462 e. The van der Waals surface area contributed by atoms with Gasteiger partial charge in [0, 0.05) is 19.3 Å². The van der Waals surface area contributed by atoms with Crippen molar-refractivity contribution in [3.63, 3.8) is 0 Å². The van der Waals surface area contributed by atoms with Gasteiger partial charge in [-0.25, -0.2) is 0 Å². The van der Waals surface area contributed by atoms with Crippen molar-refractivity contribution in [1.29, 1.82) is 0 Å². The van der Waals surface area contributed by atoms with E-state index in [2.05, 4.69) is 167 Å². The number of hydrogen-bond donors (Lipinski definition) is 0. The van der Waals surface area contributed by atoms with Crippen molar-refractivity contribution < 1.29 is 28.6 Å². The lowest BCUT2D eigenvalue weighted by Crippen LogP contribution is -2.30. The van der Waals surface area contributed by atoms with Crippen molar-refractivity contribution in [3.8, 4) is 0 Å². The van der Waals surface area contributed by atoms with Gasteiger partial charge in [0.2, 0.25) is 0 Å². The third-order valence-corrected chi connectivity index (χ3v) is 13.8. The van der Waals surface area contributed by atoms with E-state index in [-0.39, 0.29) is 37.5 Å². The molecule has 0 radical (unpaired) electrons. The first-order valence-electron chi connectivity index (χ1n) is 33.3. The molecule has 0 aromatic heterocycles. The molecule has 0 saturated carbocycles. The minimum absolute atomic E-state index is 0.107. The van der Waals surface area contributed by atoms with Crippen LogP contribution in [0.15, 0.2) is 146 Å². The van der Waals surface area contributed by atoms with Crippen LogP contribution in [0.25, 0.3) is 0 Å². The van der Waals surface area contributed by atoms with Gasteiger partial charge in [0.1, 0.15) is 13.2 Å². The van der Waals surface area contributed by atoms with Crippen molar-refractivity contribution in [3.05, 3.63) is 146 Å². The second-order valence-corrected chi connectivity index (χ2v) is 21.6. The fraction of sp³-hybridized carbons (Fsp3) is 0.640. The highest BCUT2D eigenvalue weighted by Crippen LogP contribution is 2.15. The van der Waals surface area contributed by atoms with Crippen LogP contribution in [0.3, 0.4) is 0 Å². The summed E-state index contributed by atoms with van der Waals surface area (Å²) in [5.41, 5.74) is 0. The summed E-state index contributed by atoms with van der Waals surface area (Å²) in [6.07, 6.45) is 97.1. The quantitative estimate of drug-likeness (QED) is 0.0261. The molecule has 0 saturated heterocycles. The molecule has 1 atom stereocenters. The summed E-state index contributed by atoms with van der Waals surface area (Å²) >= 11 is 0. The highest BCUT2D eigenvalue weighted by molar-refractivity contribution is 5.71. The van der Waals surface area contributed by atoms with Crippen molar-refractivity contribution >= 4 is 17.9 Å². The standard InChI is InChI=1S/C75H122O6/c1-4-7-10-13-16-19-22-25-28-31-33-35-37-39-41-44-47-50-53-56-59-62-65-68-74(77)80-71-72(70-79-73(76)67-64-61-58-55-52-49-46-43-30-27-24-21-18-15-12-9-6-3)81-75(78)69-66-63-60-57-54-51-48-45-42-40-38-36-34-32-29-26-23-20-17-14-11-8-5-2/h7,9-10,12,16,18-19,21,23,25-28,30,32-35,39,41,46,49,55,58,72H,4-6,8,11,13-15,17,20,22,24,29,31,36-38,40,42-45,47-48,50-54,56-57,59-71H2,1-3H3/b10-7-,12-9-,19-16-,21-18-,26-23-,28-25-,30-27-,34-32-,35-33-,41-39-,49-46-,58-55-. The Morgan fingerprint density at radius 1 is 0.259 bits per heavy atom. The summed E-state index contributed by atoms with van der Waals surface area (Å²) in [5.74, 6) is -0.977. The molecule has 0 aliphatic carbocycles. The van der Waals surface area contributed by atoms with E-state index in [1.54, 1.807) is 0 Å². The van der Waals surface area contributed by atoms with Gasteiger partial charge in [0.25, 0.3) is 0 Å². The van der Waals surface area contributed by atoms with Crippen LogP contribution in [0.1, 0.15) is 290 Å². The average Bonchev–Trinajstić information content (AvgIpc) is 3.47. The van der Waals surface area contributed by atoms with Gasteiger partial charge in [-0.15, -0.1) is 0 Å². The van der Waals surface area contributed by atoms with E-state index < -0.39 is 6.10 Å². The van der Waals surface area contributed by atoms with Gasteiger partial charge >= 0.3 is 17.9 Å². The van der Waals surface area contributed by atoms with Gasteiger partial charge < -0.3 is 14.2 Å². The van der Waals surface area contributed by atoms with E-state index in [9.17, 15) is 14.4 Å². The van der Waals surface area contributed by atoms with Gasteiger partial charge in [0.05, 0.1) is 0 Å². The number of ether oxygens (including phenoxy) is 3. The van der Waals surface area contributed by atoms with E-state index in [1.807, 2.05) is 0 Å². The summed E-state index contributed by atoms with van der Waals surface area (Å²) in [5, 5.41) is 0. The number of allylic oxidation sites excluding steroid dienone is 24. The lowest BCUT2D eigenvalue weighted by molar-refractivity contribution is -0.167. The molecule has 0 rings (SSSR count). The molecule has 0 aromatic rings. The molecule has 6 heteroatoms. The van der Waals surface area contributed by atoms with Gasteiger partial charge in [-0.3, -0.25) is 14.4 Å². The Morgan fingerprint density at radius 3 is 0.802 bits per heavy atom. The molecular formula is C75H122O6. The second-order valence-electron chi connectivity index (χ2n) is 21.6. The van der Waals surface area contributed by atoms with Gasteiger partial charge in [-0.1, -0.05) is 282 Å². The predicted octanol–water partition coefficient (Wildman–Crippen LogP) is 23.1. The summed E-state index contributed by atoms with van der Waals surface area (Å²) in [7, 11) is 0. The molecule has 0 aromatic carbocycles. The smallest absolute Gasteiger partial charge is 0.306 e. The van der Waals surface area contributed by atoms with Crippen LogP contribution in [-0.4, -0.2) is 37.2 Å². The molecule has 6 nitrogen and oxygen atoms in total. The molecule has 0 aliphatic rings. The Hall–Kier alpha value is -4.71. The molecule has 0 bridgehead atoms. The van der Waals surface area contributed by atoms with Crippen LogP contribution in [-0.2, 0) is 28.6 Å². The van der Waals surface area contributed by atoms with Crippen molar-refractivity contribution in [2.24, 2.45) is 0 Å². The molecular weight excluding hydrogens is 997 g/mol. The molecule has 81 heavy (non-hydrogen) atoms. The zero-order chi connectivity index (χ0) is 58.5. The molecule has 0 fully saturated rings. The first-order chi connectivity index (χ1) is 40.0. The highest BCUT2D eigenvalue weighted by atomic mass is 16.6. The second kappa shape index (κ2) is 67.8. The zero-order valence-electron chi connectivity index (χ0n) is 52.5. The number of carbonyl (C=O) groups excluding carboxylic acids is 3. The molecule has 0 amide bonds. The lowest BCUT2D eigenvalue weighted by Gasteiger charge is -2.18.